The van der Waals surface area contributed by atoms with Crippen LogP contribution < -0.4 is 5.43 Å². The largest absolute Gasteiger partial charge is 0.361 e. The summed E-state index contributed by atoms with van der Waals surface area (Å²) in [5.41, 5.74) is 6.28. The lowest BCUT2D eigenvalue weighted by molar-refractivity contribution is -0.118. The van der Waals surface area contributed by atoms with Crippen molar-refractivity contribution in [3.8, 4) is 17.1 Å². The lowest BCUT2D eigenvalue weighted by atomic mass is 10.2. The number of para-hydroxylation sites is 2. The van der Waals surface area contributed by atoms with Crippen LogP contribution in [0.2, 0.25) is 5.02 Å². The van der Waals surface area contributed by atoms with Gasteiger partial charge in [0.05, 0.1) is 12.0 Å². The van der Waals surface area contributed by atoms with Gasteiger partial charge < -0.3 is 4.98 Å². The summed E-state index contributed by atoms with van der Waals surface area (Å²) < 4.78 is 1.93. The number of carbonyl (C=O) groups excluding carboxylic acids is 1. The number of hydrazone groups is 1. The molecule has 1 amide bonds. The molecule has 0 aliphatic heterocycles. The lowest BCUT2D eigenvalue weighted by Crippen LogP contribution is -2.20. The monoisotopic (exact) mass is 486 g/mol. The van der Waals surface area contributed by atoms with Crippen LogP contribution >= 0.6 is 23.4 Å². The zero-order chi connectivity index (χ0) is 23.3. The molecule has 7 nitrogen and oxygen atoms in total. The molecule has 0 saturated heterocycles. The van der Waals surface area contributed by atoms with E-state index < -0.39 is 0 Å². The van der Waals surface area contributed by atoms with E-state index in [1.54, 1.807) is 6.21 Å². The maximum Gasteiger partial charge on any atom is 0.250 e. The Balaban J connectivity index is 1.31. The first-order valence-corrected chi connectivity index (χ1v) is 11.8. The van der Waals surface area contributed by atoms with Gasteiger partial charge in [0.15, 0.2) is 11.0 Å². The molecule has 3 aromatic carbocycles. The molecule has 0 fully saturated rings. The van der Waals surface area contributed by atoms with Crippen LogP contribution in [-0.2, 0) is 4.79 Å². The average molecular weight is 487 g/mol. The second-order valence-electron chi connectivity index (χ2n) is 7.36. The van der Waals surface area contributed by atoms with Crippen molar-refractivity contribution in [2.24, 2.45) is 5.10 Å². The number of hydrogen-bond donors (Lipinski definition) is 2. The van der Waals surface area contributed by atoms with Gasteiger partial charge >= 0.3 is 0 Å². The fourth-order valence-corrected chi connectivity index (χ4v) is 4.37. The maximum absolute atomic E-state index is 12.4. The Morgan fingerprint density at radius 3 is 2.62 bits per heavy atom. The van der Waals surface area contributed by atoms with Crippen LogP contribution in [0.1, 0.15) is 5.56 Å². The predicted octanol–water partition coefficient (Wildman–Crippen LogP) is 5.31. The van der Waals surface area contributed by atoms with Crippen LogP contribution in [0.5, 0.6) is 0 Å². The van der Waals surface area contributed by atoms with Crippen LogP contribution in [0.4, 0.5) is 0 Å². The third-order valence-electron chi connectivity index (χ3n) is 5.10. The number of nitrogens with one attached hydrogen (secondary N) is 2. The number of nitrogens with zero attached hydrogens (tertiary/aromatic N) is 4. The average Bonchev–Trinajstić information content (AvgIpc) is 3.48. The Hall–Kier alpha value is -3.88. The Labute approximate surface area is 204 Å². The minimum atomic E-state index is -0.239. The number of fused-ring (bicyclic) bond motifs is 1. The smallest absolute Gasteiger partial charge is 0.250 e. The summed E-state index contributed by atoms with van der Waals surface area (Å²) in [5.74, 6) is 0.566. The van der Waals surface area contributed by atoms with Gasteiger partial charge in [0.2, 0.25) is 0 Å². The van der Waals surface area contributed by atoms with E-state index in [0.29, 0.717) is 16.0 Å². The number of aromatic amines is 1. The quantitative estimate of drug-likeness (QED) is 0.185. The number of aromatic nitrogens is 4. The van der Waals surface area contributed by atoms with Gasteiger partial charge in [-0.05, 0) is 42.5 Å². The first kappa shape index (κ1) is 21.9. The molecule has 0 aliphatic rings. The van der Waals surface area contributed by atoms with E-state index >= 15 is 0 Å². The normalized spacial score (nSPS) is 11.3. The minimum absolute atomic E-state index is 0.136. The van der Waals surface area contributed by atoms with Crippen molar-refractivity contribution in [1.82, 2.24) is 25.2 Å². The SMILES string of the molecule is O=C(CSc1nnc(-c2ccc(Cl)cc2)n1-c1ccccc1)NN=Cc1c[nH]c2ccccc12. The van der Waals surface area contributed by atoms with Crippen molar-refractivity contribution in [2.45, 2.75) is 5.16 Å². The van der Waals surface area contributed by atoms with Crippen LogP contribution in [-0.4, -0.2) is 37.6 Å². The van der Waals surface area contributed by atoms with Crippen LogP contribution in [0, 0.1) is 0 Å². The number of amides is 1. The minimum Gasteiger partial charge on any atom is -0.361 e. The zero-order valence-corrected chi connectivity index (χ0v) is 19.4. The number of carbonyl (C=O) groups is 1. The van der Waals surface area contributed by atoms with E-state index in [0.717, 1.165) is 27.7 Å². The molecule has 2 heterocycles. The molecule has 0 bridgehead atoms. The van der Waals surface area contributed by atoms with Gasteiger partial charge in [-0.2, -0.15) is 5.10 Å². The van der Waals surface area contributed by atoms with E-state index in [-0.39, 0.29) is 11.7 Å². The Morgan fingerprint density at radius 1 is 1.03 bits per heavy atom. The summed E-state index contributed by atoms with van der Waals surface area (Å²) in [4.78, 5) is 15.6. The van der Waals surface area contributed by atoms with Crippen LogP contribution in [0.3, 0.4) is 0 Å². The Bertz CT molecular complexity index is 1460. The summed E-state index contributed by atoms with van der Waals surface area (Å²) >= 11 is 7.33. The highest BCUT2D eigenvalue weighted by molar-refractivity contribution is 7.99. The summed E-state index contributed by atoms with van der Waals surface area (Å²) in [6.07, 6.45) is 3.49. The summed E-state index contributed by atoms with van der Waals surface area (Å²) in [6, 6.07) is 25.1. The zero-order valence-electron chi connectivity index (χ0n) is 17.9. The molecule has 0 spiro atoms. The van der Waals surface area contributed by atoms with Crippen LogP contribution in [0.15, 0.2) is 95.3 Å². The van der Waals surface area contributed by atoms with Gasteiger partial charge in [0.25, 0.3) is 5.91 Å². The van der Waals surface area contributed by atoms with E-state index in [1.807, 2.05) is 89.6 Å². The van der Waals surface area contributed by atoms with Crippen molar-refractivity contribution in [1.29, 1.82) is 0 Å². The van der Waals surface area contributed by atoms with Gasteiger partial charge in [0.1, 0.15) is 0 Å². The fraction of sp³-hybridized carbons (Fsp3) is 0.0400. The van der Waals surface area contributed by atoms with E-state index in [2.05, 4.69) is 25.7 Å². The van der Waals surface area contributed by atoms with Gasteiger partial charge in [-0.1, -0.05) is 59.8 Å². The molecule has 5 aromatic rings. The highest BCUT2D eigenvalue weighted by Gasteiger charge is 2.17. The Morgan fingerprint density at radius 2 is 1.79 bits per heavy atom. The van der Waals surface area contributed by atoms with Crippen molar-refractivity contribution >= 4 is 46.4 Å². The van der Waals surface area contributed by atoms with Gasteiger partial charge in [0, 0.05) is 38.9 Å². The van der Waals surface area contributed by atoms with Crippen molar-refractivity contribution in [2.75, 3.05) is 5.75 Å². The van der Waals surface area contributed by atoms with E-state index in [9.17, 15) is 4.79 Å². The third-order valence-corrected chi connectivity index (χ3v) is 6.28. The molecule has 5 rings (SSSR count). The first-order chi connectivity index (χ1) is 16.7. The summed E-state index contributed by atoms with van der Waals surface area (Å²) in [6.45, 7) is 0. The highest BCUT2D eigenvalue weighted by atomic mass is 35.5. The lowest BCUT2D eigenvalue weighted by Gasteiger charge is -2.10. The number of benzene rings is 3. The Kier molecular flexibility index (Phi) is 6.42. The number of rotatable bonds is 7. The fourth-order valence-electron chi connectivity index (χ4n) is 3.50. The molecule has 2 aromatic heterocycles. The highest BCUT2D eigenvalue weighted by Crippen LogP contribution is 2.28. The topological polar surface area (TPSA) is 88.0 Å². The molecule has 0 atom stereocenters. The third kappa shape index (κ3) is 4.73. The molecule has 0 unspecified atom stereocenters. The molecule has 0 saturated carbocycles. The van der Waals surface area contributed by atoms with Crippen molar-refractivity contribution < 1.29 is 4.79 Å². The second kappa shape index (κ2) is 9.94. The predicted molar refractivity (Wildman–Crippen MR) is 137 cm³/mol. The van der Waals surface area contributed by atoms with Crippen molar-refractivity contribution in [3.05, 3.63) is 95.6 Å². The van der Waals surface area contributed by atoms with E-state index in [1.165, 1.54) is 11.8 Å². The standard InChI is InChI=1S/C25H19ClN6OS/c26-19-12-10-17(11-13-19)24-30-31-25(32(24)20-6-2-1-3-7-20)34-16-23(33)29-28-15-18-14-27-22-9-5-4-8-21(18)22/h1-15,27H,16H2,(H,29,33). The van der Waals surface area contributed by atoms with Gasteiger partial charge in [-0.3, -0.25) is 9.36 Å². The van der Waals surface area contributed by atoms with Gasteiger partial charge in [-0.25, -0.2) is 5.43 Å². The number of hydrogen-bond acceptors (Lipinski definition) is 5. The summed E-state index contributed by atoms with van der Waals surface area (Å²) in [7, 11) is 0. The second-order valence-corrected chi connectivity index (χ2v) is 8.73. The number of halogens is 1. The van der Waals surface area contributed by atoms with Crippen LogP contribution in [0.25, 0.3) is 28.0 Å². The molecular formula is C25H19ClN6OS. The number of H-pyrrole nitrogens is 1. The molecule has 0 radical (unpaired) electrons. The molecule has 9 heteroatoms. The molecule has 2 N–H and O–H groups in total. The molecular weight excluding hydrogens is 468 g/mol. The maximum atomic E-state index is 12.4. The molecule has 34 heavy (non-hydrogen) atoms. The number of thioether (sulfide) groups is 1. The van der Waals surface area contributed by atoms with E-state index in [4.69, 9.17) is 11.6 Å². The molecule has 168 valence electrons. The first-order valence-electron chi connectivity index (χ1n) is 10.5. The van der Waals surface area contributed by atoms with Crippen molar-refractivity contribution in [3.63, 3.8) is 0 Å². The summed E-state index contributed by atoms with van der Waals surface area (Å²) in [5, 5.41) is 15.1. The molecule has 0 aliphatic carbocycles. The van der Waals surface area contributed by atoms with Gasteiger partial charge in [-0.15, -0.1) is 10.2 Å².